The molecule has 1 unspecified atom stereocenters. The van der Waals surface area contributed by atoms with Crippen LogP contribution >= 0.6 is 11.8 Å². The van der Waals surface area contributed by atoms with Gasteiger partial charge in [0.05, 0.1) is 37.4 Å². The number of amides is 2. The number of carbonyl (C=O) groups excluding carboxylic acids is 2. The van der Waals surface area contributed by atoms with Gasteiger partial charge in [0.2, 0.25) is 11.8 Å². The molecule has 2 aliphatic heterocycles. The molecule has 2 amide bonds. The van der Waals surface area contributed by atoms with Crippen molar-refractivity contribution in [3.63, 3.8) is 0 Å². The smallest absolute Gasteiger partial charge is 0.232 e. The van der Waals surface area contributed by atoms with Gasteiger partial charge in [-0.1, -0.05) is 13.8 Å². The molecular formula is C17H31N3O4S. The molecule has 25 heavy (non-hydrogen) atoms. The molecule has 1 N–H and O–H groups in total. The number of ether oxygens (including phenoxy) is 2. The summed E-state index contributed by atoms with van der Waals surface area (Å²) in [6, 6.07) is 0. The van der Waals surface area contributed by atoms with Crippen molar-refractivity contribution in [2.75, 3.05) is 70.6 Å². The molecule has 0 aromatic carbocycles. The lowest BCUT2D eigenvalue weighted by molar-refractivity contribution is -0.132. The van der Waals surface area contributed by atoms with E-state index in [9.17, 15) is 9.59 Å². The molecule has 0 spiro atoms. The fraction of sp³-hybridized carbons (Fsp3) is 0.882. The summed E-state index contributed by atoms with van der Waals surface area (Å²) < 4.78 is 11.0. The van der Waals surface area contributed by atoms with E-state index in [0.29, 0.717) is 50.3 Å². The van der Waals surface area contributed by atoms with Gasteiger partial charge < -0.3 is 19.7 Å². The maximum atomic E-state index is 12.0. The summed E-state index contributed by atoms with van der Waals surface area (Å²) in [5, 5.41) is 2.92. The molecule has 0 bridgehead atoms. The van der Waals surface area contributed by atoms with Crippen molar-refractivity contribution in [2.45, 2.75) is 20.0 Å². The molecule has 0 radical (unpaired) electrons. The van der Waals surface area contributed by atoms with Gasteiger partial charge in [0.25, 0.3) is 0 Å². The third kappa shape index (κ3) is 7.94. The van der Waals surface area contributed by atoms with Crippen LogP contribution in [-0.4, -0.2) is 98.3 Å². The van der Waals surface area contributed by atoms with Gasteiger partial charge in [0, 0.05) is 39.3 Å². The molecular weight excluding hydrogens is 342 g/mol. The van der Waals surface area contributed by atoms with E-state index in [4.69, 9.17) is 9.47 Å². The summed E-state index contributed by atoms with van der Waals surface area (Å²) >= 11 is 1.36. The van der Waals surface area contributed by atoms with Gasteiger partial charge >= 0.3 is 0 Å². The van der Waals surface area contributed by atoms with Crippen LogP contribution in [0.3, 0.4) is 0 Å². The minimum absolute atomic E-state index is 0.0376. The summed E-state index contributed by atoms with van der Waals surface area (Å²) in [6.45, 7) is 11.1. The first-order valence-electron chi connectivity index (χ1n) is 9.08. The Hall–Kier alpha value is -0.830. The number of hydrogen-bond donors (Lipinski definition) is 1. The van der Waals surface area contributed by atoms with E-state index < -0.39 is 0 Å². The number of carbonyl (C=O) groups is 2. The second-order valence-electron chi connectivity index (χ2n) is 6.94. The molecule has 2 aliphatic rings. The van der Waals surface area contributed by atoms with Crippen molar-refractivity contribution >= 4 is 23.6 Å². The number of hydrogen-bond acceptors (Lipinski definition) is 6. The van der Waals surface area contributed by atoms with Crippen molar-refractivity contribution in [3.8, 4) is 0 Å². The van der Waals surface area contributed by atoms with Crippen LogP contribution in [0, 0.1) is 5.92 Å². The first-order valence-corrected chi connectivity index (χ1v) is 10.2. The zero-order valence-corrected chi connectivity index (χ0v) is 16.2. The molecule has 144 valence electrons. The van der Waals surface area contributed by atoms with Gasteiger partial charge in [0.15, 0.2) is 0 Å². The maximum Gasteiger partial charge on any atom is 0.232 e. The van der Waals surface area contributed by atoms with Gasteiger partial charge in [-0.15, -0.1) is 11.8 Å². The van der Waals surface area contributed by atoms with Crippen LogP contribution in [-0.2, 0) is 19.1 Å². The summed E-state index contributed by atoms with van der Waals surface area (Å²) in [5.41, 5.74) is 0. The molecule has 0 saturated carbocycles. The zero-order valence-electron chi connectivity index (χ0n) is 15.4. The van der Waals surface area contributed by atoms with Crippen molar-refractivity contribution < 1.29 is 19.1 Å². The van der Waals surface area contributed by atoms with Crippen molar-refractivity contribution in [3.05, 3.63) is 0 Å². The minimum Gasteiger partial charge on any atom is -0.378 e. The number of rotatable bonds is 8. The van der Waals surface area contributed by atoms with Crippen LogP contribution in [0.5, 0.6) is 0 Å². The molecule has 8 heteroatoms. The lowest BCUT2D eigenvalue weighted by Crippen LogP contribution is -2.48. The highest BCUT2D eigenvalue weighted by molar-refractivity contribution is 8.00. The van der Waals surface area contributed by atoms with Gasteiger partial charge in [-0.25, -0.2) is 0 Å². The molecule has 2 rings (SSSR count). The summed E-state index contributed by atoms with van der Waals surface area (Å²) in [4.78, 5) is 28.1. The Labute approximate surface area is 154 Å². The molecule has 2 heterocycles. The Kier molecular flexibility index (Phi) is 9.02. The predicted molar refractivity (Wildman–Crippen MR) is 98.8 cm³/mol. The average Bonchev–Trinajstić information content (AvgIpc) is 2.60. The second kappa shape index (κ2) is 11.0. The third-order valence-corrected chi connectivity index (χ3v) is 5.11. The predicted octanol–water partition coefficient (Wildman–Crippen LogP) is 0.0514. The molecule has 1 atom stereocenters. The highest BCUT2D eigenvalue weighted by Gasteiger charge is 2.21. The first-order chi connectivity index (χ1) is 12.0. The second-order valence-corrected chi connectivity index (χ2v) is 7.92. The highest BCUT2D eigenvalue weighted by atomic mass is 32.2. The fourth-order valence-electron chi connectivity index (χ4n) is 3.00. The van der Waals surface area contributed by atoms with Crippen LogP contribution < -0.4 is 5.32 Å². The lowest BCUT2D eigenvalue weighted by atomic mass is 10.2. The summed E-state index contributed by atoms with van der Waals surface area (Å²) in [6.07, 6.45) is 0.0523. The Morgan fingerprint density at radius 3 is 2.64 bits per heavy atom. The molecule has 0 aliphatic carbocycles. The normalized spacial score (nSPS) is 22.2. The Morgan fingerprint density at radius 1 is 1.16 bits per heavy atom. The quantitative estimate of drug-likeness (QED) is 0.648. The SMILES string of the molecule is CC(C)CN1CCOC(CNC(=O)CSCC(=O)N2CCOCC2)C1. The van der Waals surface area contributed by atoms with Crippen LogP contribution in [0.25, 0.3) is 0 Å². The Morgan fingerprint density at radius 2 is 1.92 bits per heavy atom. The topological polar surface area (TPSA) is 71.1 Å². The van der Waals surface area contributed by atoms with Crippen LogP contribution in [0.4, 0.5) is 0 Å². The number of thioether (sulfide) groups is 1. The monoisotopic (exact) mass is 373 g/mol. The van der Waals surface area contributed by atoms with E-state index in [0.717, 1.165) is 26.2 Å². The largest absolute Gasteiger partial charge is 0.378 e. The van der Waals surface area contributed by atoms with Crippen LogP contribution in [0.1, 0.15) is 13.8 Å². The van der Waals surface area contributed by atoms with Gasteiger partial charge in [-0.3, -0.25) is 14.5 Å². The Balaban J connectivity index is 1.56. The van der Waals surface area contributed by atoms with Crippen molar-refractivity contribution in [2.24, 2.45) is 5.92 Å². The zero-order chi connectivity index (χ0) is 18.1. The molecule has 0 aromatic rings. The number of morpholine rings is 2. The van der Waals surface area contributed by atoms with Crippen LogP contribution in [0.15, 0.2) is 0 Å². The standard InChI is InChI=1S/C17H31N3O4S/c1-14(2)10-19-3-8-24-15(11-19)9-18-16(21)12-25-13-17(22)20-4-6-23-7-5-20/h14-15H,3-13H2,1-2H3,(H,18,21). The Bertz CT molecular complexity index is 430. The summed E-state index contributed by atoms with van der Waals surface area (Å²) in [7, 11) is 0. The average molecular weight is 374 g/mol. The van der Waals surface area contributed by atoms with E-state index in [1.807, 2.05) is 0 Å². The number of nitrogens with zero attached hydrogens (tertiary/aromatic N) is 2. The van der Waals surface area contributed by atoms with Gasteiger partial charge in [-0.2, -0.15) is 0 Å². The molecule has 2 saturated heterocycles. The molecule has 0 aromatic heterocycles. The van der Waals surface area contributed by atoms with E-state index >= 15 is 0 Å². The van der Waals surface area contributed by atoms with Crippen molar-refractivity contribution in [1.29, 1.82) is 0 Å². The third-order valence-electron chi connectivity index (χ3n) is 4.20. The lowest BCUT2D eigenvalue weighted by Gasteiger charge is -2.33. The van der Waals surface area contributed by atoms with Gasteiger partial charge in [-0.05, 0) is 5.92 Å². The minimum atomic E-state index is -0.0376. The van der Waals surface area contributed by atoms with Crippen LogP contribution in [0.2, 0.25) is 0 Å². The van der Waals surface area contributed by atoms with E-state index in [2.05, 4.69) is 24.1 Å². The number of nitrogens with one attached hydrogen (secondary N) is 1. The van der Waals surface area contributed by atoms with E-state index in [1.165, 1.54) is 11.8 Å². The maximum absolute atomic E-state index is 12.0. The van der Waals surface area contributed by atoms with E-state index in [1.54, 1.807) is 4.90 Å². The molecule has 2 fully saturated rings. The fourth-order valence-corrected chi connectivity index (χ4v) is 3.75. The summed E-state index contributed by atoms with van der Waals surface area (Å²) in [5.74, 6) is 1.33. The van der Waals surface area contributed by atoms with E-state index in [-0.39, 0.29) is 17.9 Å². The van der Waals surface area contributed by atoms with Crippen molar-refractivity contribution in [1.82, 2.24) is 15.1 Å². The molecule has 7 nitrogen and oxygen atoms in total. The first kappa shape index (κ1) is 20.5. The highest BCUT2D eigenvalue weighted by Crippen LogP contribution is 2.08. The van der Waals surface area contributed by atoms with Gasteiger partial charge in [0.1, 0.15) is 0 Å².